The molecule has 0 bridgehead atoms. The summed E-state index contributed by atoms with van der Waals surface area (Å²) in [5, 5.41) is 0. The second-order valence-electron chi connectivity index (χ2n) is 12.1. The van der Waals surface area contributed by atoms with Gasteiger partial charge in [-0.05, 0) is 57.8 Å². The minimum Gasteiger partial charge on any atom is -0.497 e. The summed E-state index contributed by atoms with van der Waals surface area (Å²) in [6, 6.07) is 37.7. The number of aryl methyl sites for hydroxylation is 5. The van der Waals surface area contributed by atoms with Crippen molar-refractivity contribution in [2.45, 2.75) is 34.3 Å². The summed E-state index contributed by atoms with van der Waals surface area (Å²) in [4.78, 5) is 8.94. The fourth-order valence-electron chi connectivity index (χ4n) is 6.94. The second kappa shape index (κ2) is 14.3. The number of nitrogens with zero attached hydrogens (tertiary/aromatic N) is 2. The van der Waals surface area contributed by atoms with E-state index < -0.39 is 47.7 Å². The predicted molar refractivity (Wildman–Crippen MR) is 209 cm³/mol. The third kappa shape index (κ3) is 6.41. The summed E-state index contributed by atoms with van der Waals surface area (Å²) in [5.74, 6) is 0.0180. The Morgan fingerprint density at radius 1 is 0.549 bits per heavy atom. The van der Waals surface area contributed by atoms with Gasteiger partial charge in [0.25, 0.3) is 0 Å². The number of ether oxygens (including phenoxy) is 1. The molecule has 0 radical (unpaired) electrons. The van der Waals surface area contributed by atoms with Gasteiger partial charge in [0, 0.05) is 44.0 Å². The Kier molecular flexibility index (Phi) is 5.83. The number of pyridine rings is 2. The van der Waals surface area contributed by atoms with Gasteiger partial charge < -0.3 is 14.7 Å². The van der Waals surface area contributed by atoms with Crippen molar-refractivity contribution in [3.8, 4) is 34.0 Å². The molecule has 0 unspecified atom stereocenters. The molecule has 1 aliphatic heterocycles. The summed E-state index contributed by atoms with van der Waals surface area (Å²) in [6.07, 6.45) is 1.61. The van der Waals surface area contributed by atoms with Crippen LogP contribution >= 0.6 is 0 Å². The van der Waals surface area contributed by atoms with Gasteiger partial charge in [0.05, 0.1) is 0 Å². The molecule has 2 aromatic heterocycles. The maximum absolute atomic E-state index is 8.75. The largest absolute Gasteiger partial charge is 2.00 e. The third-order valence-electron chi connectivity index (χ3n) is 9.06. The van der Waals surface area contributed by atoms with Crippen LogP contribution in [0.3, 0.4) is 0 Å². The number of fused-ring (bicyclic) bond motifs is 2. The van der Waals surface area contributed by atoms with Crippen LogP contribution in [0.5, 0.6) is 11.5 Å². The average molecular weight is 853 g/mol. The number of aromatic nitrogens is 2. The van der Waals surface area contributed by atoms with E-state index in [0.717, 1.165) is 0 Å². The van der Waals surface area contributed by atoms with Gasteiger partial charge in [0.2, 0.25) is 6.71 Å². The van der Waals surface area contributed by atoms with Crippen molar-refractivity contribution in [2.75, 3.05) is 0 Å². The van der Waals surface area contributed by atoms with Crippen LogP contribution in [0.25, 0.3) is 22.5 Å². The molecule has 0 amide bonds. The molecule has 0 saturated heterocycles. The Balaban J connectivity index is 0.00000648. The van der Waals surface area contributed by atoms with E-state index in [1.54, 1.807) is 79.0 Å². The molecule has 8 rings (SSSR count). The molecule has 0 saturated carbocycles. The van der Waals surface area contributed by atoms with E-state index in [2.05, 4.69) is 22.1 Å². The Bertz CT molecular complexity index is 2870. The summed E-state index contributed by atoms with van der Waals surface area (Å²) >= 11 is 0. The summed E-state index contributed by atoms with van der Waals surface area (Å²) in [6.45, 7) is -16.6. The van der Waals surface area contributed by atoms with Gasteiger partial charge in [-0.25, -0.2) is 0 Å². The average Bonchev–Trinajstić information content (AvgIpc) is 3.24. The Labute approximate surface area is 337 Å². The monoisotopic (exact) mass is 852 g/mol. The van der Waals surface area contributed by atoms with E-state index in [1.807, 2.05) is 0 Å². The van der Waals surface area contributed by atoms with Gasteiger partial charge in [0.15, 0.2) is 6.71 Å². The summed E-state index contributed by atoms with van der Waals surface area (Å²) < 4.78 is 136. The van der Waals surface area contributed by atoms with Crippen LogP contribution < -0.4 is 37.5 Å². The molecule has 3 heterocycles. The fraction of sp³-hybridized carbons (Fsp3) is 0.111. The maximum atomic E-state index is 8.75. The smallest absolute Gasteiger partial charge is 0.497 e. The second-order valence-corrected chi connectivity index (χ2v) is 12.1. The molecule has 6 heteroatoms. The van der Waals surface area contributed by atoms with Crippen molar-refractivity contribution in [1.29, 1.82) is 0 Å². The van der Waals surface area contributed by atoms with Crippen LogP contribution in [-0.4, -0.2) is 23.4 Å². The van der Waals surface area contributed by atoms with Crippen LogP contribution in [0.1, 0.15) is 48.5 Å². The molecule has 7 aromatic rings. The zero-order valence-corrected chi connectivity index (χ0v) is 29.2. The number of hydrogen-bond donors (Lipinski definition) is 0. The number of rotatable bonds is 6. The topological polar surface area (TPSA) is 35.0 Å². The van der Waals surface area contributed by atoms with Gasteiger partial charge in [-0.3, -0.25) is 0 Å². The zero-order valence-electron chi connectivity index (χ0n) is 41.9. The standard InChI is InChI=1S/C45H36B2N2O.Pt/c1-29-14-10-15-30(2)43(29)46-37-21-6-7-22-38(37)47(44-31(3)16-11-17-32(44)4)45-39(46)27-35(41-24-12-18-33(5)49-41)28-42(45)50-36-20-13-19-34(26-36)40-23-8-9-25-48-40;/h6-25,27H,1-5H3;/q-2;+2/i1D3,2D3,3D3,4D3,5D3;. The molecule has 0 aliphatic carbocycles. The summed E-state index contributed by atoms with van der Waals surface area (Å²) in [7, 11) is 0. The molecule has 0 fully saturated rings. The van der Waals surface area contributed by atoms with Gasteiger partial charge >= 0.3 is 21.1 Å². The Morgan fingerprint density at radius 3 is 1.84 bits per heavy atom. The molecule has 0 atom stereocenters. The minimum absolute atomic E-state index is 0. The first-order chi connectivity index (χ1) is 30.4. The summed E-state index contributed by atoms with van der Waals surface area (Å²) in [5.41, 5.74) is 0.945. The molecule has 5 aromatic carbocycles. The van der Waals surface area contributed by atoms with E-state index in [0.29, 0.717) is 22.2 Å². The van der Waals surface area contributed by atoms with E-state index >= 15 is 0 Å². The molecule has 51 heavy (non-hydrogen) atoms. The maximum Gasteiger partial charge on any atom is 2.00 e. The van der Waals surface area contributed by atoms with Crippen molar-refractivity contribution in [2.24, 2.45) is 0 Å². The Hall–Kier alpha value is -4.98. The van der Waals surface area contributed by atoms with Gasteiger partial charge in [0.1, 0.15) is 0 Å². The predicted octanol–water partition coefficient (Wildman–Crippen LogP) is 6.09. The van der Waals surface area contributed by atoms with Crippen molar-refractivity contribution < 1.29 is 46.4 Å². The SMILES string of the molecule is [2H]C([2H])([2H])c1cccc(-c2[c-]c(Oc3[c-]c(-c4ccccn4)ccc3)c3c(c2)B(c2c(C([2H])([2H])[2H])cccc2C([2H])([2H])[2H])c2ccccc2B3c2c(C([2H])([2H])[2H])cccc2C([2H])([2H])[2H])n1.[Pt+2]. The quantitative estimate of drug-likeness (QED) is 0.150. The van der Waals surface area contributed by atoms with E-state index in [4.69, 9.17) is 25.3 Å². The van der Waals surface area contributed by atoms with Crippen LogP contribution in [-0.2, 0) is 21.1 Å². The van der Waals surface area contributed by atoms with Crippen LogP contribution in [0.2, 0.25) is 0 Å². The molecular formula is C45H36B2N2OPt. The van der Waals surface area contributed by atoms with Crippen molar-refractivity contribution in [1.82, 2.24) is 9.97 Å². The van der Waals surface area contributed by atoms with Crippen LogP contribution in [0.4, 0.5) is 0 Å². The normalized spacial score (nSPS) is 17.4. The van der Waals surface area contributed by atoms with Crippen molar-refractivity contribution >= 4 is 46.2 Å². The molecular weight excluding hydrogens is 801 g/mol. The van der Waals surface area contributed by atoms with Crippen LogP contribution in [0, 0.1) is 46.4 Å². The molecule has 3 nitrogen and oxygen atoms in total. The Morgan fingerprint density at radius 2 is 1.18 bits per heavy atom. The van der Waals surface area contributed by atoms with Gasteiger partial charge in [-0.2, -0.15) is 5.46 Å². The number of benzene rings is 5. The minimum atomic E-state index is -2.86. The first-order valence-electron chi connectivity index (χ1n) is 23.5. The molecule has 0 N–H and O–H groups in total. The first kappa shape index (κ1) is 20.8. The van der Waals surface area contributed by atoms with Crippen molar-refractivity contribution in [3.63, 3.8) is 0 Å². The van der Waals surface area contributed by atoms with E-state index in [9.17, 15) is 0 Å². The van der Waals surface area contributed by atoms with E-state index in [1.165, 1.54) is 48.5 Å². The third-order valence-corrected chi connectivity index (χ3v) is 9.06. The zero-order chi connectivity index (χ0) is 46.9. The van der Waals surface area contributed by atoms with Crippen molar-refractivity contribution in [3.05, 3.63) is 168 Å². The van der Waals surface area contributed by atoms with Gasteiger partial charge in [-0.1, -0.05) is 141 Å². The molecule has 0 spiro atoms. The van der Waals surface area contributed by atoms with E-state index in [-0.39, 0.29) is 93.6 Å². The fourth-order valence-corrected chi connectivity index (χ4v) is 6.94. The molecule has 248 valence electrons. The molecule has 1 aliphatic rings. The number of hydrogen-bond acceptors (Lipinski definition) is 3. The first-order valence-corrected chi connectivity index (χ1v) is 16.0. The van der Waals surface area contributed by atoms with Crippen LogP contribution in [0.15, 0.2) is 128 Å². The van der Waals surface area contributed by atoms with Gasteiger partial charge in [-0.15, -0.1) is 40.9 Å².